The Morgan fingerprint density at radius 2 is 2.11 bits per heavy atom. The molecule has 3 nitrogen and oxygen atoms in total. The van der Waals surface area contributed by atoms with E-state index in [-0.39, 0.29) is 5.91 Å². The van der Waals surface area contributed by atoms with Crippen LogP contribution >= 0.6 is 15.9 Å². The van der Waals surface area contributed by atoms with E-state index < -0.39 is 0 Å². The summed E-state index contributed by atoms with van der Waals surface area (Å²) in [5.74, 6) is 0.269. The SMILES string of the molecule is NCCCC(=O)N1CCC[C@H]1Cc1ccc(Br)cc1. The summed E-state index contributed by atoms with van der Waals surface area (Å²) < 4.78 is 1.10. The molecule has 0 radical (unpaired) electrons. The molecule has 1 saturated heterocycles. The molecule has 0 bridgehead atoms. The van der Waals surface area contributed by atoms with Gasteiger partial charge in [0.05, 0.1) is 0 Å². The molecule has 1 aliphatic rings. The van der Waals surface area contributed by atoms with Crippen LogP contribution in [0.4, 0.5) is 0 Å². The minimum atomic E-state index is 0.269. The van der Waals surface area contributed by atoms with Crippen LogP contribution in [0.15, 0.2) is 28.7 Å². The van der Waals surface area contributed by atoms with Crippen molar-refractivity contribution in [2.24, 2.45) is 5.73 Å². The standard InChI is InChI=1S/C15H21BrN2O/c16-13-7-5-12(6-8-13)11-14-3-2-10-18(14)15(19)4-1-9-17/h5-8,14H,1-4,9-11,17H2/t14-/m0/s1. The van der Waals surface area contributed by atoms with Crippen molar-refractivity contribution in [2.75, 3.05) is 13.1 Å². The zero-order chi connectivity index (χ0) is 13.7. The van der Waals surface area contributed by atoms with Gasteiger partial charge in [0.1, 0.15) is 0 Å². The van der Waals surface area contributed by atoms with Gasteiger partial charge in [-0.15, -0.1) is 0 Å². The molecular formula is C15H21BrN2O. The van der Waals surface area contributed by atoms with E-state index in [1.807, 2.05) is 0 Å². The van der Waals surface area contributed by atoms with Gasteiger partial charge in [-0.2, -0.15) is 0 Å². The van der Waals surface area contributed by atoms with E-state index in [1.54, 1.807) is 0 Å². The summed E-state index contributed by atoms with van der Waals surface area (Å²) in [5.41, 5.74) is 6.77. The number of nitrogens with two attached hydrogens (primary N) is 1. The van der Waals surface area contributed by atoms with Crippen LogP contribution in [-0.4, -0.2) is 29.9 Å². The first-order chi connectivity index (χ1) is 9.20. The van der Waals surface area contributed by atoms with E-state index >= 15 is 0 Å². The van der Waals surface area contributed by atoms with Gasteiger partial charge in [-0.3, -0.25) is 4.79 Å². The molecule has 1 amide bonds. The molecule has 0 spiro atoms. The highest BCUT2D eigenvalue weighted by molar-refractivity contribution is 9.10. The van der Waals surface area contributed by atoms with Crippen LogP contribution in [0.3, 0.4) is 0 Å². The number of likely N-dealkylation sites (tertiary alicyclic amines) is 1. The largest absolute Gasteiger partial charge is 0.339 e. The lowest BCUT2D eigenvalue weighted by atomic mass is 10.0. The summed E-state index contributed by atoms with van der Waals surface area (Å²) in [6.45, 7) is 1.50. The average Bonchev–Trinajstić information content (AvgIpc) is 2.87. The quantitative estimate of drug-likeness (QED) is 0.905. The molecule has 1 aromatic rings. The zero-order valence-electron chi connectivity index (χ0n) is 11.1. The molecule has 2 rings (SSSR count). The second kappa shape index (κ2) is 7.06. The average molecular weight is 325 g/mol. The Morgan fingerprint density at radius 3 is 2.79 bits per heavy atom. The molecule has 4 heteroatoms. The molecule has 0 aliphatic carbocycles. The van der Waals surface area contributed by atoms with Crippen molar-refractivity contribution in [3.05, 3.63) is 34.3 Å². The number of nitrogens with zero attached hydrogens (tertiary/aromatic N) is 1. The number of hydrogen-bond acceptors (Lipinski definition) is 2. The molecule has 2 N–H and O–H groups in total. The maximum absolute atomic E-state index is 12.1. The fraction of sp³-hybridized carbons (Fsp3) is 0.533. The van der Waals surface area contributed by atoms with E-state index in [0.29, 0.717) is 19.0 Å². The van der Waals surface area contributed by atoms with Gasteiger partial charge in [-0.25, -0.2) is 0 Å². The lowest BCUT2D eigenvalue weighted by Crippen LogP contribution is -2.36. The molecular weight excluding hydrogens is 304 g/mol. The van der Waals surface area contributed by atoms with E-state index in [9.17, 15) is 4.79 Å². The van der Waals surface area contributed by atoms with Crippen LogP contribution in [-0.2, 0) is 11.2 Å². The van der Waals surface area contributed by atoms with Crippen molar-refractivity contribution in [1.29, 1.82) is 0 Å². The molecule has 1 fully saturated rings. The minimum Gasteiger partial charge on any atom is -0.339 e. The van der Waals surface area contributed by atoms with Crippen molar-refractivity contribution in [2.45, 2.75) is 38.1 Å². The van der Waals surface area contributed by atoms with Crippen LogP contribution < -0.4 is 5.73 Å². The molecule has 0 saturated carbocycles. The van der Waals surface area contributed by atoms with Crippen molar-refractivity contribution >= 4 is 21.8 Å². The molecule has 1 aromatic carbocycles. The summed E-state index contributed by atoms with van der Waals surface area (Å²) in [6, 6.07) is 8.75. The maximum Gasteiger partial charge on any atom is 0.222 e. The fourth-order valence-corrected chi connectivity index (χ4v) is 2.93. The monoisotopic (exact) mass is 324 g/mol. The van der Waals surface area contributed by atoms with Crippen LogP contribution in [0.25, 0.3) is 0 Å². The number of carbonyl (C=O) groups is 1. The van der Waals surface area contributed by atoms with Gasteiger partial charge in [0.2, 0.25) is 5.91 Å². The van der Waals surface area contributed by atoms with E-state index in [2.05, 4.69) is 45.1 Å². The van der Waals surface area contributed by atoms with Gasteiger partial charge in [-0.1, -0.05) is 28.1 Å². The topological polar surface area (TPSA) is 46.3 Å². The predicted octanol–water partition coefficient (Wildman–Crippen LogP) is 2.72. The molecule has 1 aliphatic heterocycles. The summed E-state index contributed by atoms with van der Waals surface area (Å²) in [5, 5.41) is 0. The normalized spacial score (nSPS) is 18.8. The molecule has 0 unspecified atom stereocenters. The molecule has 104 valence electrons. The second-order valence-electron chi connectivity index (χ2n) is 5.11. The lowest BCUT2D eigenvalue weighted by molar-refractivity contribution is -0.132. The Balaban J connectivity index is 1.95. The third-order valence-corrected chi connectivity index (χ3v) is 4.21. The van der Waals surface area contributed by atoms with Crippen molar-refractivity contribution in [3.8, 4) is 0 Å². The van der Waals surface area contributed by atoms with Crippen LogP contribution in [0, 0.1) is 0 Å². The fourth-order valence-electron chi connectivity index (χ4n) is 2.67. The summed E-state index contributed by atoms with van der Waals surface area (Å²) in [6.07, 6.45) is 4.58. The highest BCUT2D eigenvalue weighted by atomic mass is 79.9. The van der Waals surface area contributed by atoms with Gasteiger partial charge in [0.25, 0.3) is 0 Å². The van der Waals surface area contributed by atoms with Gasteiger partial charge < -0.3 is 10.6 Å². The first kappa shape index (κ1) is 14.5. The van der Waals surface area contributed by atoms with Crippen LogP contribution in [0.5, 0.6) is 0 Å². The molecule has 1 atom stereocenters. The van der Waals surface area contributed by atoms with Gasteiger partial charge in [0, 0.05) is 23.5 Å². The van der Waals surface area contributed by atoms with E-state index in [4.69, 9.17) is 5.73 Å². The first-order valence-electron chi connectivity index (χ1n) is 6.94. The predicted molar refractivity (Wildman–Crippen MR) is 80.9 cm³/mol. The van der Waals surface area contributed by atoms with Crippen molar-refractivity contribution < 1.29 is 4.79 Å². The van der Waals surface area contributed by atoms with Crippen LogP contribution in [0.2, 0.25) is 0 Å². The van der Waals surface area contributed by atoms with E-state index in [0.717, 1.165) is 36.7 Å². The smallest absolute Gasteiger partial charge is 0.222 e. The van der Waals surface area contributed by atoms with Gasteiger partial charge in [-0.05, 0) is 49.9 Å². The van der Waals surface area contributed by atoms with E-state index in [1.165, 1.54) is 5.56 Å². The second-order valence-corrected chi connectivity index (χ2v) is 6.02. The minimum absolute atomic E-state index is 0.269. The summed E-state index contributed by atoms with van der Waals surface area (Å²) >= 11 is 3.45. The summed E-state index contributed by atoms with van der Waals surface area (Å²) in [4.78, 5) is 14.2. The Labute approximate surface area is 123 Å². The van der Waals surface area contributed by atoms with Crippen molar-refractivity contribution in [1.82, 2.24) is 4.90 Å². The number of rotatable bonds is 5. The number of halogens is 1. The number of carbonyl (C=O) groups excluding carboxylic acids is 1. The third kappa shape index (κ3) is 4.05. The lowest BCUT2D eigenvalue weighted by Gasteiger charge is -2.25. The maximum atomic E-state index is 12.1. The third-order valence-electron chi connectivity index (χ3n) is 3.68. The van der Waals surface area contributed by atoms with Crippen LogP contribution in [0.1, 0.15) is 31.2 Å². The highest BCUT2D eigenvalue weighted by Crippen LogP contribution is 2.23. The number of hydrogen-bond donors (Lipinski definition) is 1. The number of amides is 1. The van der Waals surface area contributed by atoms with Gasteiger partial charge >= 0.3 is 0 Å². The Hall–Kier alpha value is -0.870. The first-order valence-corrected chi connectivity index (χ1v) is 7.74. The molecule has 1 heterocycles. The Morgan fingerprint density at radius 1 is 1.37 bits per heavy atom. The Kier molecular flexibility index (Phi) is 5.40. The summed E-state index contributed by atoms with van der Waals surface area (Å²) in [7, 11) is 0. The highest BCUT2D eigenvalue weighted by Gasteiger charge is 2.28. The molecule has 0 aromatic heterocycles. The Bertz CT molecular complexity index is 419. The van der Waals surface area contributed by atoms with Gasteiger partial charge in [0.15, 0.2) is 0 Å². The zero-order valence-corrected chi connectivity index (χ0v) is 12.7. The number of benzene rings is 1. The van der Waals surface area contributed by atoms with Crippen molar-refractivity contribution in [3.63, 3.8) is 0 Å². The molecule has 19 heavy (non-hydrogen) atoms.